The lowest BCUT2D eigenvalue weighted by Crippen LogP contribution is -2.29. The Balaban J connectivity index is 1.53. The van der Waals surface area contributed by atoms with Crippen molar-refractivity contribution in [3.8, 4) is 11.4 Å². The molecule has 2 N–H and O–H groups in total. The highest BCUT2D eigenvalue weighted by molar-refractivity contribution is 5.89. The third-order valence-electron chi connectivity index (χ3n) is 5.49. The molecule has 7 heteroatoms. The molecule has 0 radical (unpaired) electrons. The number of aromatic amines is 1. The van der Waals surface area contributed by atoms with Crippen molar-refractivity contribution in [1.29, 1.82) is 0 Å². The van der Waals surface area contributed by atoms with Gasteiger partial charge in [0.1, 0.15) is 17.2 Å². The summed E-state index contributed by atoms with van der Waals surface area (Å²) in [6.45, 7) is 4.08. The van der Waals surface area contributed by atoms with Gasteiger partial charge >= 0.3 is 0 Å². The standard InChI is InChI=1S/C18H19FN6/c19-13-3-4-14(25-9-6-18(11-25)5-8-20-10-18)22-16(13)15-12-2-1-7-21-17(12)24-23-15/h1-4,7,20H,5-6,8-11H2,(H,21,23,24). The lowest BCUT2D eigenvalue weighted by atomic mass is 9.87. The molecule has 0 aromatic carbocycles. The van der Waals surface area contributed by atoms with Crippen LogP contribution >= 0.6 is 0 Å². The Hall–Kier alpha value is -2.54. The molecule has 6 nitrogen and oxygen atoms in total. The number of pyridine rings is 2. The highest BCUT2D eigenvalue weighted by atomic mass is 19.1. The molecule has 3 aromatic rings. The second kappa shape index (κ2) is 5.49. The summed E-state index contributed by atoms with van der Waals surface area (Å²) in [6.07, 6.45) is 4.04. The van der Waals surface area contributed by atoms with Crippen LogP contribution in [0.4, 0.5) is 10.2 Å². The molecule has 2 aliphatic rings. The van der Waals surface area contributed by atoms with Gasteiger partial charge in [-0.15, -0.1) is 0 Å². The Morgan fingerprint density at radius 2 is 2.12 bits per heavy atom. The van der Waals surface area contributed by atoms with Crippen LogP contribution in [-0.4, -0.2) is 46.3 Å². The molecule has 2 saturated heterocycles. The van der Waals surface area contributed by atoms with Gasteiger partial charge in [0.2, 0.25) is 0 Å². The van der Waals surface area contributed by atoms with Crippen molar-refractivity contribution >= 4 is 16.9 Å². The SMILES string of the molecule is Fc1ccc(N2CCC3(CCNC3)C2)nc1-c1n[nH]c2ncccc12. The predicted molar refractivity (Wildman–Crippen MR) is 93.8 cm³/mol. The molecule has 2 aliphatic heterocycles. The highest BCUT2D eigenvalue weighted by Crippen LogP contribution is 2.38. The Morgan fingerprint density at radius 1 is 1.16 bits per heavy atom. The Labute approximate surface area is 144 Å². The Bertz CT molecular complexity index is 930. The van der Waals surface area contributed by atoms with Gasteiger partial charge in [-0.05, 0) is 43.7 Å². The van der Waals surface area contributed by atoms with Crippen molar-refractivity contribution in [1.82, 2.24) is 25.5 Å². The van der Waals surface area contributed by atoms with E-state index in [2.05, 4.69) is 30.4 Å². The number of nitrogens with zero attached hydrogens (tertiary/aromatic N) is 4. The van der Waals surface area contributed by atoms with Crippen LogP contribution < -0.4 is 10.2 Å². The minimum Gasteiger partial charge on any atom is -0.356 e. The molecule has 2 fully saturated rings. The van der Waals surface area contributed by atoms with Gasteiger partial charge in [-0.3, -0.25) is 5.10 Å². The van der Waals surface area contributed by atoms with Gasteiger partial charge in [0.15, 0.2) is 11.5 Å². The first-order valence-corrected chi connectivity index (χ1v) is 8.66. The fourth-order valence-corrected chi connectivity index (χ4v) is 4.08. The molecule has 0 saturated carbocycles. The third kappa shape index (κ3) is 2.38. The van der Waals surface area contributed by atoms with Crippen LogP contribution in [-0.2, 0) is 0 Å². The largest absolute Gasteiger partial charge is 0.356 e. The van der Waals surface area contributed by atoms with Crippen LogP contribution in [0.1, 0.15) is 12.8 Å². The number of hydrogen-bond donors (Lipinski definition) is 2. The first kappa shape index (κ1) is 14.8. The van der Waals surface area contributed by atoms with E-state index in [9.17, 15) is 4.39 Å². The van der Waals surface area contributed by atoms with Crippen molar-refractivity contribution in [2.24, 2.45) is 5.41 Å². The first-order valence-electron chi connectivity index (χ1n) is 8.66. The summed E-state index contributed by atoms with van der Waals surface area (Å²) in [4.78, 5) is 11.1. The van der Waals surface area contributed by atoms with Gasteiger partial charge in [-0.1, -0.05) is 0 Å². The summed E-state index contributed by atoms with van der Waals surface area (Å²) < 4.78 is 14.5. The molecule has 0 bridgehead atoms. The van der Waals surface area contributed by atoms with Crippen LogP contribution in [0, 0.1) is 11.2 Å². The molecule has 1 spiro atoms. The van der Waals surface area contributed by atoms with E-state index in [4.69, 9.17) is 0 Å². The molecule has 128 valence electrons. The number of anilines is 1. The van der Waals surface area contributed by atoms with E-state index in [1.54, 1.807) is 12.3 Å². The predicted octanol–water partition coefficient (Wildman–Crippen LogP) is 2.35. The van der Waals surface area contributed by atoms with Crippen molar-refractivity contribution in [2.45, 2.75) is 12.8 Å². The monoisotopic (exact) mass is 338 g/mol. The zero-order valence-corrected chi connectivity index (χ0v) is 13.8. The summed E-state index contributed by atoms with van der Waals surface area (Å²) in [5.41, 5.74) is 1.78. The Kier molecular flexibility index (Phi) is 3.24. The second-order valence-corrected chi connectivity index (χ2v) is 7.07. The van der Waals surface area contributed by atoms with Gasteiger partial charge in [-0.25, -0.2) is 14.4 Å². The van der Waals surface area contributed by atoms with E-state index in [-0.39, 0.29) is 11.5 Å². The van der Waals surface area contributed by atoms with Crippen molar-refractivity contribution in [3.05, 3.63) is 36.3 Å². The van der Waals surface area contributed by atoms with Crippen LogP contribution in [0.3, 0.4) is 0 Å². The van der Waals surface area contributed by atoms with E-state index in [0.29, 0.717) is 16.8 Å². The summed E-state index contributed by atoms with van der Waals surface area (Å²) in [7, 11) is 0. The van der Waals surface area contributed by atoms with E-state index in [1.807, 2.05) is 12.1 Å². The molecule has 5 heterocycles. The van der Waals surface area contributed by atoms with E-state index in [1.165, 1.54) is 12.5 Å². The van der Waals surface area contributed by atoms with Crippen LogP contribution in [0.2, 0.25) is 0 Å². The average molecular weight is 338 g/mol. The number of H-pyrrole nitrogens is 1. The highest BCUT2D eigenvalue weighted by Gasteiger charge is 2.40. The maximum Gasteiger partial charge on any atom is 0.155 e. The van der Waals surface area contributed by atoms with Crippen molar-refractivity contribution in [3.63, 3.8) is 0 Å². The molecule has 0 aliphatic carbocycles. The Morgan fingerprint density at radius 3 is 3.00 bits per heavy atom. The van der Waals surface area contributed by atoms with Gasteiger partial charge in [-0.2, -0.15) is 5.10 Å². The quantitative estimate of drug-likeness (QED) is 0.751. The zero-order chi connectivity index (χ0) is 16.9. The molecule has 25 heavy (non-hydrogen) atoms. The normalized spacial score (nSPS) is 23.2. The fourth-order valence-electron chi connectivity index (χ4n) is 4.08. The number of aromatic nitrogens is 4. The number of rotatable bonds is 2. The zero-order valence-electron chi connectivity index (χ0n) is 13.8. The third-order valence-corrected chi connectivity index (χ3v) is 5.49. The molecule has 3 aromatic heterocycles. The summed E-state index contributed by atoms with van der Waals surface area (Å²) in [5, 5.41) is 11.3. The van der Waals surface area contributed by atoms with Gasteiger partial charge < -0.3 is 10.2 Å². The molecule has 1 atom stereocenters. The second-order valence-electron chi connectivity index (χ2n) is 7.07. The van der Waals surface area contributed by atoms with Crippen LogP contribution in [0.15, 0.2) is 30.5 Å². The minimum atomic E-state index is -0.363. The van der Waals surface area contributed by atoms with E-state index in [0.717, 1.165) is 43.8 Å². The van der Waals surface area contributed by atoms with Gasteiger partial charge in [0.25, 0.3) is 0 Å². The number of hydrogen-bond acceptors (Lipinski definition) is 5. The summed E-state index contributed by atoms with van der Waals surface area (Å²) in [5.74, 6) is 0.456. The van der Waals surface area contributed by atoms with Gasteiger partial charge in [0, 0.05) is 36.6 Å². The summed E-state index contributed by atoms with van der Waals surface area (Å²) in [6, 6.07) is 6.96. The fraction of sp³-hybridized carbons (Fsp3) is 0.389. The number of halogens is 1. The lowest BCUT2D eigenvalue weighted by molar-refractivity contribution is 0.369. The van der Waals surface area contributed by atoms with Crippen LogP contribution in [0.25, 0.3) is 22.4 Å². The molecule has 1 unspecified atom stereocenters. The molecular formula is C18H19FN6. The minimum absolute atomic E-state index is 0.280. The lowest BCUT2D eigenvalue weighted by Gasteiger charge is -2.23. The maximum atomic E-state index is 14.5. The molecule has 0 amide bonds. The smallest absolute Gasteiger partial charge is 0.155 e. The van der Waals surface area contributed by atoms with Crippen LogP contribution in [0.5, 0.6) is 0 Å². The van der Waals surface area contributed by atoms with Crippen molar-refractivity contribution in [2.75, 3.05) is 31.1 Å². The average Bonchev–Trinajstić information content (AvgIpc) is 3.37. The van der Waals surface area contributed by atoms with E-state index < -0.39 is 0 Å². The van der Waals surface area contributed by atoms with Crippen molar-refractivity contribution < 1.29 is 4.39 Å². The molecule has 5 rings (SSSR count). The van der Waals surface area contributed by atoms with E-state index >= 15 is 0 Å². The topological polar surface area (TPSA) is 69.7 Å². The molecular weight excluding hydrogens is 319 g/mol. The summed E-state index contributed by atoms with van der Waals surface area (Å²) >= 11 is 0. The van der Waals surface area contributed by atoms with Gasteiger partial charge in [0.05, 0.1) is 0 Å². The first-order chi connectivity index (χ1) is 12.2. The number of fused-ring (bicyclic) bond motifs is 1. The maximum absolute atomic E-state index is 14.5. The number of nitrogens with one attached hydrogen (secondary N) is 2.